The third kappa shape index (κ3) is 8.83. The number of nitrogens with zero attached hydrogens (tertiary/aromatic N) is 1. The number of para-hydroxylation sites is 1. The summed E-state index contributed by atoms with van der Waals surface area (Å²) < 4.78 is 0. The van der Waals surface area contributed by atoms with Gasteiger partial charge in [0.05, 0.1) is 0 Å². The molecule has 0 heterocycles. The van der Waals surface area contributed by atoms with Gasteiger partial charge in [0.2, 0.25) is 0 Å². The number of hydrogen-bond acceptors (Lipinski definition) is 1. The van der Waals surface area contributed by atoms with E-state index >= 15 is 0 Å². The van der Waals surface area contributed by atoms with Gasteiger partial charge in [-0.3, -0.25) is 0 Å². The molecule has 1 nitrogen and oxygen atoms in total. The summed E-state index contributed by atoms with van der Waals surface area (Å²) in [6.45, 7) is 16.4. The Hall–Kier alpha value is -0.448. The normalized spacial score (nSPS) is 7.38. The number of anilines is 1. The summed E-state index contributed by atoms with van der Waals surface area (Å²) in [6, 6.07) is 11.3. The maximum atomic E-state index is 3.25. The van der Waals surface area contributed by atoms with Gasteiger partial charge in [-0.2, -0.15) is 38.1 Å². The van der Waals surface area contributed by atoms with Crippen molar-refractivity contribution >= 4 is 23.0 Å². The molecule has 0 saturated heterocycles. The van der Waals surface area contributed by atoms with Crippen LogP contribution in [0.15, 0.2) is 24.3 Å². The van der Waals surface area contributed by atoms with Crippen molar-refractivity contribution in [3.05, 3.63) is 44.2 Å². The van der Waals surface area contributed by atoms with Gasteiger partial charge in [0.25, 0.3) is 0 Å². The van der Waals surface area contributed by atoms with Crippen LogP contribution in [0, 0.1) is 19.9 Å². The summed E-state index contributed by atoms with van der Waals surface area (Å²) in [5.41, 5.74) is 1.19. The van der Waals surface area contributed by atoms with Crippen LogP contribution in [0.2, 0.25) is 0 Å². The molecule has 1 aromatic rings. The van der Waals surface area contributed by atoms with Gasteiger partial charge in [-0.15, -0.1) is 6.07 Å². The van der Waals surface area contributed by atoms with Crippen molar-refractivity contribution in [3.63, 3.8) is 0 Å². The van der Waals surface area contributed by atoms with E-state index in [9.17, 15) is 0 Å². The first kappa shape index (κ1) is 20.9. The first-order valence-electron chi connectivity index (χ1n) is 5.51. The van der Waals surface area contributed by atoms with E-state index in [0.717, 1.165) is 13.1 Å². The third-order valence-electron chi connectivity index (χ3n) is 1.80. The van der Waals surface area contributed by atoms with E-state index in [4.69, 9.17) is 0 Å². The first-order chi connectivity index (χ1) is 7.38. The predicted molar refractivity (Wildman–Crippen MR) is 76.7 cm³/mol. The van der Waals surface area contributed by atoms with Gasteiger partial charge >= 0.3 is 17.4 Å². The fourth-order valence-electron chi connectivity index (χ4n) is 1.14. The molecule has 0 aliphatic rings. The van der Waals surface area contributed by atoms with Crippen molar-refractivity contribution in [1.82, 2.24) is 0 Å². The molecule has 1 aromatic carbocycles. The van der Waals surface area contributed by atoms with Gasteiger partial charge < -0.3 is 18.7 Å². The van der Waals surface area contributed by atoms with Crippen LogP contribution in [0.1, 0.15) is 27.7 Å². The Morgan fingerprint density at radius 1 is 1.06 bits per heavy atom. The summed E-state index contributed by atoms with van der Waals surface area (Å²) in [5, 5.41) is 0. The molecular weight excluding hydrogens is 209 g/mol. The van der Waals surface area contributed by atoms with Crippen LogP contribution in [-0.2, 0) is 0 Å². The number of hydrogen-bond donors (Lipinski definition) is 0. The Morgan fingerprint density at radius 3 is 1.88 bits per heavy atom. The van der Waals surface area contributed by atoms with Crippen LogP contribution in [0.5, 0.6) is 0 Å². The fourth-order valence-corrected chi connectivity index (χ4v) is 1.14. The largest absolute Gasteiger partial charge is 3.00 e. The van der Waals surface area contributed by atoms with E-state index in [1.165, 1.54) is 5.69 Å². The van der Waals surface area contributed by atoms with Crippen molar-refractivity contribution in [2.24, 2.45) is 0 Å². The Labute approximate surface area is 113 Å². The zero-order valence-electron chi connectivity index (χ0n) is 11.2. The summed E-state index contributed by atoms with van der Waals surface area (Å²) >= 11 is 0. The van der Waals surface area contributed by atoms with E-state index in [0.29, 0.717) is 0 Å². The molecule has 0 saturated carbocycles. The van der Waals surface area contributed by atoms with Gasteiger partial charge in [0, 0.05) is 13.1 Å². The molecule has 16 heavy (non-hydrogen) atoms. The average Bonchev–Trinajstić information content (AvgIpc) is 2.37. The standard InChI is InChI=1S/C10H14N.2C2H5.Al/c1-3-11(4-2)10-8-6-5-7-9-10;2*1-2;/h5-8H,3-4H2,1-2H3;2*1H2,2H3;/q3*-1;+3. The minimum absolute atomic E-state index is 0. The third-order valence-corrected chi connectivity index (χ3v) is 1.80. The van der Waals surface area contributed by atoms with Crippen LogP contribution in [0.4, 0.5) is 5.69 Å². The van der Waals surface area contributed by atoms with Crippen LogP contribution >= 0.6 is 0 Å². The van der Waals surface area contributed by atoms with E-state index in [-0.39, 0.29) is 17.4 Å². The fraction of sp³-hybridized carbons (Fsp3) is 0.429. The topological polar surface area (TPSA) is 3.24 Å². The van der Waals surface area contributed by atoms with Crippen LogP contribution < -0.4 is 4.90 Å². The zero-order valence-corrected chi connectivity index (χ0v) is 12.3. The SMILES string of the molecule is CCN(CC)c1[c-]cccc1.[Al+3].[CH2-]C.[CH2-]C. The summed E-state index contributed by atoms with van der Waals surface area (Å²) in [7, 11) is 0. The summed E-state index contributed by atoms with van der Waals surface area (Å²) in [4.78, 5) is 2.28. The molecule has 0 amide bonds. The van der Waals surface area contributed by atoms with Crippen LogP contribution in [0.25, 0.3) is 0 Å². The first-order valence-corrected chi connectivity index (χ1v) is 5.51. The van der Waals surface area contributed by atoms with Crippen molar-refractivity contribution < 1.29 is 0 Å². The molecule has 88 valence electrons. The molecule has 0 fully saturated rings. The van der Waals surface area contributed by atoms with Crippen molar-refractivity contribution in [1.29, 1.82) is 0 Å². The van der Waals surface area contributed by atoms with Gasteiger partial charge in [0.15, 0.2) is 0 Å². The van der Waals surface area contributed by atoms with E-state index in [1.807, 2.05) is 18.2 Å². The van der Waals surface area contributed by atoms with Gasteiger partial charge in [-0.1, -0.05) is 5.69 Å². The van der Waals surface area contributed by atoms with Crippen molar-refractivity contribution in [3.8, 4) is 0 Å². The molecule has 1 rings (SSSR count). The Balaban J connectivity index is -0.000000305. The molecule has 0 aliphatic heterocycles. The molecular formula is C14H24AlN. The van der Waals surface area contributed by atoms with Crippen LogP contribution in [0.3, 0.4) is 0 Å². The molecule has 0 N–H and O–H groups in total. The molecule has 0 unspecified atom stereocenters. The predicted octanol–water partition coefficient (Wildman–Crippen LogP) is 3.63. The Kier molecular flexibility index (Phi) is 22.2. The second kappa shape index (κ2) is 17.0. The van der Waals surface area contributed by atoms with Crippen molar-refractivity contribution in [2.45, 2.75) is 27.7 Å². The van der Waals surface area contributed by atoms with E-state index < -0.39 is 0 Å². The molecule has 0 aromatic heterocycles. The minimum atomic E-state index is 0. The second-order valence-electron chi connectivity index (χ2n) is 2.42. The molecule has 0 spiro atoms. The average molecular weight is 233 g/mol. The number of rotatable bonds is 3. The summed E-state index contributed by atoms with van der Waals surface area (Å²) in [5.74, 6) is 0. The van der Waals surface area contributed by atoms with Gasteiger partial charge in [0.1, 0.15) is 0 Å². The smallest absolute Gasteiger partial charge is 0.394 e. The maximum Gasteiger partial charge on any atom is 3.00 e. The molecule has 2 heteroatoms. The zero-order chi connectivity index (χ0) is 12.1. The second-order valence-corrected chi connectivity index (χ2v) is 2.42. The molecule has 0 aliphatic carbocycles. The molecule has 0 radical (unpaired) electrons. The molecule has 0 bridgehead atoms. The Bertz CT molecular complexity index is 195. The van der Waals surface area contributed by atoms with Gasteiger partial charge in [-0.25, -0.2) is 0 Å². The van der Waals surface area contributed by atoms with Gasteiger partial charge in [-0.05, 0) is 13.8 Å². The van der Waals surface area contributed by atoms with E-state index in [2.05, 4.69) is 44.7 Å². The maximum absolute atomic E-state index is 3.25. The van der Waals surface area contributed by atoms with Crippen LogP contribution in [-0.4, -0.2) is 30.5 Å². The summed E-state index contributed by atoms with van der Waals surface area (Å²) in [6.07, 6.45) is 0. The minimum Gasteiger partial charge on any atom is -0.394 e. The van der Waals surface area contributed by atoms with E-state index in [1.54, 1.807) is 13.8 Å². The quantitative estimate of drug-likeness (QED) is 0.569. The molecule has 0 atom stereocenters. The van der Waals surface area contributed by atoms with Crippen molar-refractivity contribution in [2.75, 3.05) is 18.0 Å². The Morgan fingerprint density at radius 2 is 1.56 bits per heavy atom. The number of benzene rings is 1. The monoisotopic (exact) mass is 233 g/mol.